The average molecular weight is 235 g/mol. The first kappa shape index (κ1) is 12.4. The molecule has 3 heteroatoms. The summed E-state index contributed by atoms with van der Waals surface area (Å²) < 4.78 is 11.4. The van der Waals surface area contributed by atoms with Gasteiger partial charge in [0.05, 0.1) is 25.0 Å². The standard InChI is InChI=1S/C14H21NO2/c1-10-8-14(9-15-12(10)3)16-7-6-13-5-4-11(2)17-13/h8-9,11,13H,4-7H2,1-3H3. The highest BCUT2D eigenvalue weighted by molar-refractivity contribution is 5.27. The fourth-order valence-electron chi connectivity index (χ4n) is 2.10. The molecule has 1 saturated heterocycles. The fourth-order valence-corrected chi connectivity index (χ4v) is 2.10. The van der Waals surface area contributed by atoms with Crippen LogP contribution in [0.5, 0.6) is 5.75 Å². The summed E-state index contributed by atoms with van der Waals surface area (Å²) in [4.78, 5) is 4.28. The molecule has 1 aliphatic heterocycles. The minimum atomic E-state index is 0.379. The van der Waals surface area contributed by atoms with E-state index in [1.165, 1.54) is 12.0 Å². The summed E-state index contributed by atoms with van der Waals surface area (Å²) in [6, 6.07) is 2.04. The van der Waals surface area contributed by atoms with Crippen LogP contribution in [0, 0.1) is 13.8 Å². The quantitative estimate of drug-likeness (QED) is 0.803. The van der Waals surface area contributed by atoms with Crippen molar-refractivity contribution in [3.8, 4) is 5.75 Å². The summed E-state index contributed by atoms with van der Waals surface area (Å²) in [6.45, 7) is 6.90. The molecule has 2 atom stereocenters. The average Bonchev–Trinajstić information content (AvgIpc) is 2.70. The van der Waals surface area contributed by atoms with Gasteiger partial charge >= 0.3 is 0 Å². The van der Waals surface area contributed by atoms with Crippen molar-refractivity contribution in [2.24, 2.45) is 0 Å². The summed E-state index contributed by atoms with van der Waals surface area (Å²) in [6.07, 6.45) is 5.90. The van der Waals surface area contributed by atoms with Gasteiger partial charge in [0.15, 0.2) is 0 Å². The highest BCUT2D eigenvalue weighted by Gasteiger charge is 2.21. The van der Waals surface area contributed by atoms with E-state index >= 15 is 0 Å². The Kier molecular flexibility index (Phi) is 4.00. The van der Waals surface area contributed by atoms with E-state index in [2.05, 4.69) is 18.8 Å². The predicted octanol–water partition coefficient (Wildman–Crippen LogP) is 3.03. The van der Waals surface area contributed by atoms with Crippen LogP contribution in [0.15, 0.2) is 12.3 Å². The van der Waals surface area contributed by atoms with Crippen LogP contribution < -0.4 is 4.74 Å². The SMILES string of the molecule is Cc1cc(OCCC2CCC(C)O2)cnc1C. The summed E-state index contributed by atoms with van der Waals surface area (Å²) >= 11 is 0. The molecule has 0 saturated carbocycles. The first-order valence-electron chi connectivity index (χ1n) is 6.36. The zero-order chi connectivity index (χ0) is 12.3. The Morgan fingerprint density at radius 3 is 2.88 bits per heavy atom. The minimum absolute atomic E-state index is 0.379. The zero-order valence-corrected chi connectivity index (χ0v) is 10.9. The number of nitrogens with zero attached hydrogens (tertiary/aromatic N) is 1. The molecule has 2 unspecified atom stereocenters. The summed E-state index contributed by atoms with van der Waals surface area (Å²) in [5, 5.41) is 0. The van der Waals surface area contributed by atoms with Gasteiger partial charge in [-0.05, 0) is 45.2 Å². The van der Waals surface area contributed by atoms with Crippen LogP contribution in [0.25, 0.3) is 0 Å². The Morgan fingerprint density at radius 1 is 1.41 bits per heavy atom. The molecule has 3 nitrogen and oxygen atoms in total. The van der Waals surface area contributed by atoms with Gasteiger partial charge in [0.2, 0.25) is 0 Å². The molecule has 1 fully saturated rings. The van der Waals surface area contributed by atoms with Crippen molar-refractivity contribution >= 4 is 0 Å². The minimum Gasteiger partial charge on any atom is -0.492 e. The molecule has 0 amide bonds. The summed E-state index contributed by atoms with van der Waals surface area (Å²) in [5.74, 6) is 0.860. The number of hydrogen-bond donors (Lipinski definition) is 0. The molecule has 0 aliphatic carbocycles. The van der Waals surface area contributed by atoms with Gasteiger partial charge in [0, 0.05) is 12.1 Å². The van der Waals surface area contributed by atoms with Crippen LogP contribution in [0.2, 0.25) is 0 Å². The Balaban J connectivity index is 1.76. The molecule has 0 aromatic carbocycles. The first-order valence-corrected chi connectivity index (χ1v) is 6.36. The number of aromatic nitrogens is 1. The third-order valence-corrected chi connectivity index (χ3v) is 3.34. The van der Waals surface area contributed by atoms with E-state index in [-0.39, 0.29) is 0 Å². The fraction of sp³-hybridized carbons (Fsp3) is 0.643. The third-order valence-electron chi connectivity index (χ3n) is 3.34. The van der Waals surface area contributed by atoms with Gasteiger partial charge in [-0.25, -0.2) is 0 Å². The normalized spacial score (nSPS) is 23.9. The molecule has 0 spiro atoms. The molecule has 94 valence electrons. The smallest absolute Gasteiger partial charge is 0.137 e. The maximum Gasteiger partial charge on any atom is 0.137 e. The Morgan fingerprint density at radius 2 is 2.24 bits per heavy atom. The van der Waals surface area contributed by atoms with Gasteiger partial charge in [0.25, 0.3) is 0 Å². The number of pyridine rings is 1. The summed E-state index contributed by atoms with van der Waals surface area (Å²) in [5.41, 5.74) is 2.23. The second-order valence-electron chi connectivity index (χ2n) is 4.86. The molecule has 2 heterocycles. The molecule has 2 rings (SSSR count). The lowest BCUT2D eigenvalue weighted by Gasteiger charge is -2.12. The summed E-state index contributed by atoms with van der Waals surface area (Å²) in [7, 11) is 0. The molecule has 1 aliphatic rings. The van der Waals surface area contributed by atoms with E-state index in [9.17, 15) is 0 Å². The van der Waals surface area contributed by atoms with Gasteiger partial charge in [-0.15, -0.1) is 0 Å². The Hall–Kier alpha value is -1.09. The van der Waals surface area contributed by atoms with Crippen molar-refractivity contribution in [3.63, 3.8) is 0 Å². The van der Waals surface area contributed by atoms with E-state index in [1.54, 1.807) is 6.20 Å². The van der Waals surface area contributed by atoms with Crippen LogP contribution in [0.1, 0.15) is 37.4 Å². The van der Waals surface area contributed by atoms with E-state index in [4.69, 9.17) is 9.47 Å². The first-order chi connectivity index (χ1) is 8.15. The van der Waals surface area contributed by atoms with E-state index in [0.717, 1.165) is 24.3 Å². The van der Waals surface area contributed by atoms with Gasteiger partial charge in [-0.3, -0.25) is 4.98 Å². The lowest BCUT2D eigenvalue weighted by atomic mass is 10.1. The second kappa shape index (κ2) is 5.50. The highest BCUT2D eigenvalue weighted by Crippen LogP contribution is 2.22. The van der Waals surface area contributed by atoms with Gasteiger partial charge < -0.3 is 9.47 Å². The van der Waals surface area contributed by atoms with Crippen LogP contribution >= 0.6 is 0 Å². The Labute approximate surface area is 103 Å². The number of ether oxygens (including phenoxy) is 2. The Bertz CT molecular complexity index is 378. The highest BCUT2D eigenvalue weighted by atomic mass is 16.5. The van der Waals surface area contributed by atoms with Crippen molar-refractivity contribution in [3.05, 3.63) is 23.5 Å². The lowest BCUT2D eigenvalue weighted by molar-refractivity contribution is 0.0427. The number of aryl methyl sites for hydroxylation is 2. The predicted molar refractivity (Wildman–Crippen MR) is 67.4 cm³/mol. The van der Waals surface area contributed by atoms with Gasteiger partial charge in [0.1, 0.15) is 5.75 Å². The van der Waals surface area contributed by atoms with E-state index < -0.39 is 0 Å². The van der Waals surface area contributed by atoms with Crippen molar-refractivity contribution in [2.75, 3.05) is 6.61 Å². The molecule has 1 aromatic rings. The van der Waals surface area contributed by atoms with Crippen molar-refractivity contribution < 1.29 is 9.47 Å². The maximum atomic E-state index is 5.75. The van der Waals surface area contributed by atoms with Crippen molar-refractivity contribution in [1.29, 1.82) is 0 Å². The van der Waals surface area contributed by atoms with Crippen LogP contribution in [-0.2, 0) is 4.74 Å². The molecule has 17 heavy (non-hydrogen) atoms. The van der Waals surface area contributed by atoms with E-state index in [0.29, 0.717) is 18.8 Å². The van der Waals surface area contributed by atoms with Crippen LogP contribution in [-0.4, -0.2) is 23.8 Å². The molecular formula is C14H21NO2. The van der Waals surface area contributed by atoms with Crippen LogP contribution in [0.3, 0.4) is 0 Å². The van der Waals surface area contributed by atoms with Gasteiger partial charge in [-0.2, -0.15) is 0 Å². The molecule has 0 radical (unpaired) electrons. The lowest BCUT2D eigenvalue weighted by Crippen LogP contribution is -2.12. The number of hydrogen-bond acceptors (Lipinski definition) is 3. The third kappa shape index (κ3) is 3.43. The van der Waals surface area contributed by atoms with Gasteiger partial charge in [-0.1, -0.05) is 0 Å². The molecule has 1 aromatic heterocycles. The van der Waals surface area contributed by atoms with Crippen molar-refractivity contribution in [2.45, 2.75) is 52.2 Å². The largest absolute Gasteiger partial charge is 0.492 e. The maximum absolute atomic E-state index is 5.75. The second-order valence-corrected chi connectivity index (χ2v) is 4.86. The molecule has 0 bridgehead atoms. The van der Waals surface area contributed by atoms with Crippen LogP contribution in [0.4, 0.5) is 0 Å². The van der Waals surface area contributed by atoms with E-state index in [1.807, 2.05) is 13.0 Å². The monoisotopic (exact) mass is 235 g/mol. The number of rotatable bonds is 4. The van der Waals surface area contributed by atoms with Crippen molar-refractivity contribution in [1.82, 2.24) is 4.98 Å². The molecule has 0 N–H and O–H groups in total. The zero-order valence-electron chi connectivity index (χ0n) is 10.9. The topological polar surface area (TPSA) is 31.4 Å². The molecular weight excluding hydrogens is 214 g/mol.